The minimum atomic E-state index is -3.68. The average molecular weight is 486 g/mol. The van der Waals surface area contributed by atoms with Crippen molar-refractivity contribution in [3.8, 4) is 22.4 Å². The Balaban J connectivity index is 1.54. The lowest BCUT2D eigenvalue weighted by Gasteiger charge is -2.31. The molecule has 11 heteroatoms. The number of carbonyl (C=O) groups is 1. The van der Waals surface area contributed by atoms with Crippen LogP contribution in [-0.2, 0) is 15.8 Å². The molecule has 1 aromatic heterocycles. The molecule has 34 heavy (non-hydrogen) atoms. The number of benzene rings is 2. The van der Waals surface area contributed by atoms with E-state index in [-0.39, 0.29) is 24.9 Å². The van der Waals surface area contributed by atoms with Gasteiger partial charge in [-0.2, -0.15) is 0 Å². The Labute approximate surface area is 196 Å². The molecule has 2 heterocycles. The number of carboxylic acid groups (broad SMARTS) is 1. The fraction of sp³-hybridized carbons (Fsp3) is 0.261. The summed E-state index contributed by atoms with van der Waals surface area (Å²) in [5.74, 6) is -0.441. The summed E-state index contributed by atoms with van der Waals surface area (Å²) >= 11 is 0. The van der Waals surface area contributed by atoms with Crippen molar-refractivity contribution < 1.29 is 22.7 Å². The van der Waals surface area contributed by atoms with Crippen molar-refractivity contribution >= 4 is 21.9 Å². The van der Waals surface area contributed by atoms with Crippen LogP contribution in [0.4, 0.5) is 15.0 Å². The molecule has 0 saturated carbocycles. The van der Waals surface area contributed by atoms with Gasteiger partial charge in [0, 0.05) is 24.7 Å². The fourth-order valence-corrected chi connectivity index (χ4v) is 5.59. The van der Waals surface area contributed by atoms with Crippen LogP contribution in [0.25, 0.3) is 22.4 Å². The zero-order valence-electron chi connectivity index (χ0n) is 18.2. The van der Waals surface area contributed by atoms with Gasteiger partial charge in [0.1, 0.15) is 11.6 Å². The highest BCUT2D eigenvalue weighted by atomic mass is 32.2. The molecular formula is C23H24FN5O4S. The molecule has 1 amide bonds. The molecule has 1 saturated heterocycles. The van der Waals surface area contributed by atoms with Gasteiger partial charge in [0.05, 0.1) is 23.8 Å². The lowest BCUT2D eigenvalue weighted by molar-refractivity contribution is 0.183. The maximum Gasteiger partial charge on any atom is 0.404 e. The van der Waals surface area contributed by atoms with Gasteiger partial charge in [-0.15, -0.1) is 0 Å². The van der Waals surface area contributed by atoms with E-state index in [9.17, 15) is 17.6 Å². The van der Waals surface area contributed by atoms with Crippen molar-refractivity contribution in [1.82, 2.24) is 19.6 Å². The van der Waals surface area contributed by atoms with Gasteiger partial charge in [-0.3, -0.25) is 4.98 Å². The summed E-state index contributed by atoms with van der Waals surface area (Å²) in [5.41, 5.74) is 8.63. The van der Waals surface area contributed by atoms with Crippen LogP contribution in [0.3, 0.4) is 0 Å². The number of nitrogen functional groups attached to an aromatic ring is 1. The molecule has 1 aliphatic heterocycles. The Hall–Kier alpha value is -3.57. The van der Waals surface area contributed by atoms with E-state index in [4.69, 9.17) is 10.8 Å². The SMILES string of the molecule is Nc1cnc(-c2ccc(-c3cc(F)ccc3CS(=O)(=O)N3CCC(NC(=O)O)CC3)cc2)cn1. The molecule has 0 bridgehead atoms. The summed E-state index contributed by atoms with van der Waals surface area (Å²) in [4.78, 5) is 19.1. The Bertz CT molecular complexity index is 1280. The number of nitrogens with two attached hydrogens (primary N) is 1. The van der Waals surface area contributed by atoms with Crippen molar-refractivity contribution in [3.63, 3.8) is 0 Å². The summed E-state index contributed by atoms with van der Waals surface area (Å²) in [5, 5.41) is 11.3. The standard InChI is InChI=1S/C23H24FN5O4S/c24-18-6-5-17(14-34(32,33)29-9-7-19(8-10-29)28-23(30)31)20(11-18)15-1-3-16(4-2-15)21-12-27-22(25)13-26-21/h1-6,11-13,19,28H,7-10,14H2,(H2,25,27)(H,30,31). The molecule has 0 unspecified atom stereocenters. The van der Waals surface area contributed by atoms with E-state index >= 15 is 0 Å². The molecule has 1 aliphatic rings. The van der Waals surface area contributed by atoms with Crippen LogP contribution in [0.2, 0.25) is 0 Å². The van der Waals surface area contributed by atoms with E-state index < -0.39 is 21.9 Å². The minimum absolute atomic E-state index is 0.223. The molecule has 4 N–H and O–H groups in total. The van der Waals surface area contributed by atoms with Crippen LogP contribution in [0.15, 0.2) is 54.9 Å². The van der Waals surface area contributed by atoms with Gasteiger partial charge in [0.15, 0.2) is 0 Å². The first-order valence-electron chi connectivity index (χ1n) is 10.7. The summed E-state index contributed by atoms with van der Waals surface area (Å²) < 4.78 is 41.6. The van der Waals surface area contributed by atoms with Crippen LogP contribution in [0, 0.1) is 5.82 Å². The molecule has 3 aromatic rings. The van der Waals surface area contributed by atoms with E-state index in [0.717, 1.165) is 5.56 Å². The lowest BCUT2D eigenvalue weighted by atomic mass is 9.99. The van der Waals surface area contributed by atoms with Crippen LogP contribution in [0.5, 0.6) is 0 Å². The average Bonchev–Trinajstić information content (AvgIpc) is 2.81. The molecule has 0 radical (unpaired) electrons. The number of nitrogens with zero attached hydrogens (tertiary/aromatic N) is 3. The molecule has 0 aliphatic carbocycles. The zero-order valence-corrected chi connectivity index (χ0v) is 19.0. The highest BCUT2D eigenvalue weighted by Crippen LogP contribution is 2.29. The van der Waals surface area contributed by atoms with Gasteiger partial charge in [0.2, 0.25) is 10.0 Å². The second kappa shape index (κ2) is 9.74. The highest BCUT2D eigenvalue weighted by Gasteiger charge is 2.29. The van der Waals surface area contributed by atoms with Gasteiger partial charge in [0.25, 0.3) is 0 Å². The highest BCUT2D eigenvalue weighted by molar-refractivity contribution is 7.88. The third kappa shape index (κ3) is 5.49. The second-order valence-electron chi connectivity index (χ2n) is 8.08. The number of rotatable bonds is 6. The number of amides is 1. The van der Waals surface area contributed by atoms with Crippen LogP contribution >= 0.6 is 0 Å². The van der Waals surface area contributed by atoms with Crippen molar-refractivity contribution in [2.75, 3.05) is 18.8 Å². The number of hydrogen-bond donors (Lipinski definition) is 3. The van der Waals surface area contributed by atoms with E-state index in [1.165, 1.54) is 28.7 Å². The van der Waals surface area contributed by atoms with Gasteiger partial charge >= 0.3 is 6.09 Å². The molecule has 2 aromatic carbocycles. The first-order chi connectivity index (χ1) is 16.2. The first kappa shape index (κ1) is 23.6. The molecule has 4 rings (SSSR count). The van der Waals surface area contributed by atoms with Gasteiger partial charge in [-0.25, -0.2) is 26.9 Å². The van der Waals surface area contributed by atoms with Crippen LogP contribution in [-0.4, -0.2) is 53.0 Å². The normalized spacial score (nSPS) is 15.2. The molecule has 178 valence electrons. The number of halogens is 1. The maximum absolute atomic E-state index is 14.1. The predicted molar refractivity (Wildman–Crippen MR) is 126 cm³/mol. The van der Waals surface area contributed by atoms with Crippen molar-refractivity contribution in [1.29, 1.82) is 0 Å². The topological polar surface area (TPSA) is 139 Å². The summed E-state index contributed by atoms with van der Waals surface area (Å²) in [7, 11) is -3.68. The van der Waals surface area contributed by atoms with E-state index in [0.29, 0.717) is 41.0 Å². The minimum Gasteiger partial charge on any atom is -0.465 e. The van der Waals surface area contributed by atoms with Crippen molar-refractivity contribution in [2.45, 2.75) is 24.6 Å². The first-order valence-corrected chi connectivity index (χ1v) is 12.3. The number of anilines is 1. The number of sulfonamides is 1. The maximum atomic E-state index is 14.1. The Morgan fingerprint density at radius 1 is 1.09 bits per heavy atom. The van der Waals surface area contributed by atoms with Crippen LogP contribution in [0.1, 0.15) is 18.4 Å². The quantitative estimate of drug-likeness (QED) is 0.488. The monoisotopic (exact) mass is 485 g/mol. The summed E-state index contributed by atoms with van der Waals surface area (Å²) in [6, 6.07) is 11.0. The van der Waals surface area contributed by atoms with E-state index in [1.807, 2.05) is 0 Å². The van der Waals surface area contributed by atoms with Gasteiger partial charge in [-0.1, -0.05) is 30.3 Å². The molecule has 0 spiro atoms. The largest absolute Gasteiger partial charge is 0.465 e. The Morgan fingerprint density at radius 2 is 1.76 bits per heavy atom. The summed E-state index contributed by atoms with van der Waals surface area (Å²) in [6.45, 7) is 0.447. The number of nitrogens with one attached hydrogen (secondary N) is 1. The molecule has 0 atom stereocenters. The molecule has 1 fully saturated rings. The third-order valence-electron chi connectivity index (χ3n) is 5.75. The van der Waals surface area contributed by atoms with Crippen molar-refractivity contribution in [2.24, 2.45) is 0 Å². The predicted octanol–water partition coefficient (Wildman–Crippen LogP) is 3.09. The fourth-order valence-electron chi connectivity index (χ4n) is 3.99. The van der Waals surface area contributed by atoms with Gasteiger partial charge in [-0.05, 0) is 41.7 Å². The van der Waals surface area contributed by atoms with Crippen LogP contribution < -0.4 is 11.1 Å². The van der Waals surface area contributed by atoms with Gasteiger partial charge < -0.3 is 16.2 Å². The number of hydrogen-bond acceptors (Lipinski definition) is 6. The summed E-state index contributed by atoms with van der Waals surface area (Å²) in [6.07, 6.45) is 2.69. The molecule has 9 nitrogen and oxygen atoms in total. The zero-order chi connectivity index (χ0) is 24.3. The second-order valence-corrected chi connectivity index (χ2v) is 10.1. The Kier molecular flexibility index (Phi) is 6.75. The number of piperidine rings is 1. The smallest absolute Gasteiger partial charge is 0.404 e. The molecular weight excluding hydrogens is 461 g/mol. The Morgan fingerprint density at radius 3 is 2.38 bits per heavy atom. The third-order valence-corrected chi connectivity index (χ3v) is 7.58. The number of aromatic nitrogens is 2. The van der Waals surface area contributed by atoms with E-state index in [1.54, 1.807) is 30.5 Å². The van der Waals surface area contributed by atoms with E-state index in [2.05, 4.69) is 15.3 Å². The lowest BCUT2D eigenvalue weighted by Crippen LogP contribution is -2.46. The van der Waals surface area contributed by atoms with Crippen molar-refractivity contribution in [3.05, 3.63) is 66.2 Å².